The second-order valence-electron chi connectivity index (χ2n) is 7.27. The highest BCUT2D eigenvalue weighted by molar-refractivity contribution is 5.94. The van der Waals surface area contributed by atoms with Gasteiger partial charge in [-0.15, -0.1) is 0 Å². The average Bonchev–Trinajstić information content (AvgIpc) is 3.17. The number of hydrogen-bond donors (Lipinski definition) is 0. The number of carbonyl (C=O) groups is 1. The van der Waals surface area contributed by atoms with E-state index < -0.39 is 11.7 Å². The van der Waals surface area contributed by atoms with Gasteiger partial charge in [0.1, 0.15) is 0 Å². The molecule has 0 atom stereocenters. The fourth-order valence-corrected chi connectivity index (χ4v) is 3.31. The van der Waals surface area contributed by atoms with Gasteiger partial charge in [-0.1, -0.05) is 43.7 Å². The van der Waals surface area contributed by atoms with Gasteiger partial charge in [-0.2, -0.15) is 13.2 Å². The van der Waals surface area contributed by atoms with Crippen molar-refractivity contribution in [3.63, 3.8) is 0 Å². The van der Waals surface area contributed by atoms with E-state index in [2.05, 4.69) is 4.57 Å². The van der Waals surface area contributed by atoms with Crippen LogP contribution < -0.4 is 0 Å². The second kappa shape index (κ2) is 9.65. The van der Waals surface area contributed by atoms with E-state index in [0.29, 0.717) is 19.6 Å². The predicted molar refractivity (Wildman–Crippen MR) is 111 cm³/mol. The van der Waals surface area contributed by atoms with E-state index in [1.165, 1.54) is 12.1 Å². The van der Waals surface area contributed by atoms with Crippen LogP contribution in [-0.2, 0) is 19.3 Å². The van der Waals surface area contributed by atoms with Gasteiger partial charge in [-0.25, -0.2) is 0 Å². The number of benzene rings is 2. The molecule has 0 N–H and O–H groups in total. The van der Waals surface area contributed by atoms with Gasteiger partial charge in [0, 0.05) is 30.5 Å². The van der Waals surface area contributed by atoms with Crippen LogP contribution in [0.3, 0.4) is 0 Å². The molecule has 0 unspecified atom stereocenters. The third kappa shape index (κ3) is 5.53. The van der Waals surface area contributed by atoms with Crippen molar-refractivity contribution < 1.29 is 18.0 Å². The summed E-state index contributed by atoms with van der Waals surface area (Å²) in [6.07, 6.45) is -0.696. The van der Waals surface area contributed by atoms with Crippen LogP contribution in [0.15, 0.2) is 72.9 Å². The molecule has 0 radical (unpaired) electrons. The van der Waals surface area contributed by atoms with Gasteiger partial charge in [0.05, 0.1) is 12.1 Å². The molecule has 6 heteroatoms. The highest BCUT2D eigenvalue weighted by atomic mass is 19.4. The van der Waals surface area contributed by atoms with Gasteiger partial charge in [0.2, 0.25) is 0 Å². The van der Waals surface area contributed by atoms with Gasteiger partial charge >= 0.3 is 6.18 Å². The Labute approximate surface area is 174 Å². The van der Waals surface area contributed by atoms with Crippen molar-refractivity contribution in [2.24, 2.45) is 0 Å². The summed E-state index contributed by atoms with van der Waals surface area (Å²) in [6, 6.07) is 18.4. The predicted octanol–water partition coefficient (Wildman–Crippen LogP) is 6.00. The number of unbranched alkanes of at least 4 members (excludes halogenated alkanes) is 1. The van der Waals surface area contributed by atoms with Gasteiger partial charge in [0.15, 0.2) is 0 Å². The molecule has 158 valence electrons. The van der Waals surface area contributed by atoms with Crippen LogP contribution in [0.1, 0.15) is 46.9 Å². The third-order valence-corrected chi connectivity index (χ3v) is 5.00. The summed E-state index contributed by atoms with van der Waals surface area (Å²) >= 11 is 0. The smallest absolute Gasteiger partial charge is 0.345 e. The van der Waals surface area contributed by atoms with Crippen LogP contribution in [0.5, 0.6) is 0 Å². The zero-order chi connectivity index (χ0) is 21.6. The van der Waals surface area contributed by atoms with E-state index in [1.807, 2.05) is 55.6 Å². The van der Waals surface area contributed by atoms with Gasteiger partial charge < -0.3 is 9.47 Å². The summed E-state index contributed by atoms with van der Waals surface area (Å²) in [7, 11) is 0. The summed E-state index contributed by atoms with van der Waals surface area (Å²) in [6.45, 7) is 3.69. The summed E-state index contributed by atoms with van der Waals surface area (Å²) < 4.78 is 40.6. The molecule has 0 aliphatic rings. The number of hydrogen-bond acceptors (Lipinski definition) is 1. The topological polar surface area (TPSA) is 25.2 Å². The van der Waals surface area contributed by atoms with Crippen LogP contribution in [0.4, 0.5) is 13.2 Å². The molecular weight excluding hydrogens is 389 g/mol. The van der Waals surface area contributed by atoms with Gasteiger partial charge in [-0.05, 0) is 48.4 Å². The molecular formula is C24H25F3N2O. The van der Waals surface area contributed by atoms with Crippen molar-refractivity contribution >= 4 is 5.91 Å². The van der Waals surface area contributed by atoms with Crippen molar-refractivity contribution in [3.05, 3.63) is 95.3 Å². The molecule has 30 heavy (non-hydrogen) atoms. The maximum atomic E-state index is 13.0. The Hall–Kier alpha value is -3.02. The summed E-state index contributed by atoms with van der Waals surface area (Å²) in [5, 5.41) is 0. The van der Waals surface area contributed by atoms with Crippen LogP contribution >= 0.6 is 0 Å². The maximum absolute atomic E-state index is 13.0. The molecule has 3 rings (SSSR count). The minimum absolute atomic E-state index is 0.260. The largest absolute Gasteiger partial charge is 0.416 e. The summed E-state index contributed by atoms with van der Waals surface area (Å²) in [5.74, 6) is -0.260. The number of alkyl halides is 3. The van der Waals surface area contributed by atoms with Crippen molar-refractivity contribution in [1.29, 1.82) is 0 Å². The van der Waals surface area contributed by atoms with Crippen LogP contribution in [-0.4, -0.2) is 21.9 Å². The lowest BCUT2D eigenvalue weighted by Crippen LogP contribution is -2.32. The lowest BCUT2D eigenvalue weighted by molar-refractivity contribution is -0.137. The Kier molecular flexibility index (Phi) is 6.98. The SMILES string of the molecule is CCCCN(Cc1cccn1Cc1ccccc1)C(=O)c1ccc(C(F)(F)F)cc1. The lowest BCUT2D eigenvalue weighted by atomic mass is 10.1. The minimum Gasteiger partial charge on any atom is -0.345 e. The molecule has 2 aromatic carbocycles. The molecule has 0 aliphatic heterocycles. The number of aromatic nitrogens is 1. The Morgan fingerprint density at radius 1 is 0.967 bits per heavy atom. The van der Waals surface area contributed by atoms with E-state index in [9.17, 15) is 18.0 Å². The molecule has 1 amide bonds. The Balaban J connectivity index is 1.78. The van der Waals surface area contributed by atoms with Crippen molar-refractivity contribution in [2.45, 2.75) is 39.0 Å². The molecule has 0 fully saturated rings. The van der Waals surface area contributed by atoms with E-state index in [-0.39, 0.29) is 11.5 Å². The third-order valence-electron chi connectivity index (χ3n) is 5.00. The average molecular weight is 414 g/mol. The van der Waals surface area contributed by atoms with Crippen LogP contribution in [0, 0.1) is 0 Å². The zero-order valence-electron chi connectivity index (χ0n) is 16.9. The molecule has 3 aromatic rings. The van der Waals surface area contributed by atoms with E-state index in [0.717, 1.165) is 36.2 Å². The first-order chi connectivity index (χ1) is 14.4. The molecule has 0 saturated heterocycles. The maximum Gasteiger partial charge on any atom is 0.416 e. The summed E-state index contributed by atoms with van der Waals surface area (Å²) in [5.41, 5.74) is 1.65. The van der Waals surface area contributed by atoms with Crippen LogP contribution in [0.2, 0.25) is 0 Å². The zero-order valence-corrected chi connectivity index (χ0v) is 16.9. The molecule has 0 spiro atoms. The molecule has 0 saturated carbocycles. The van der Waals surface area contributed by atoms with Crippen molar-refractivity contribution in [3.8, 4) is 0 Å². The number of carbonyl (C=O) groups excluding carboxylic acids is 1. The van der Waals surface area contributed by atoms with E-state index >= 15 is 0 Å². The van der Waals surface area contributed by atoms with Crippen molar-refractivity contribution in [1.82, 2.24) is 9.47 Å². The monoisotopic (exact) mass is 414 g/mol. The number of rotatable bonds is 8. The molecule has 0 aliphatic carbocycles. The fraction of sp³-hybridized carbons (Fsp3) is 0.292. The van der Waals surface area contributed by atoms with E-state index in [1.54, 1.807) is 4.90 Å². The quantitative estimate of drug-likeness (QED) is 0.444. The standard InChI is InChI=1S/C24H25F3N2O/c1-2-3-15-29(23(30)20-11-13-21(14-12-20)24(25,26)27)18-22-10-7-16-28(22)17-19-8-5-4-6-9-19/h4-14,16H,2-3,15,17-18H2,1H3. The highest BCUT2D eigenvalue weighted by Crippen LogP contribution is 2.29. The number of nitrogens with zero attached hydrogens (tertiary/aromatic N) is 2. The van der Waals surface area contributed by atoms with Gasteiger partial charge in [-0.3, -0.25) is 4.79 Å². The van der Waals surface area contributed by atoms with Gasteiger partial charge in [0.25, 0.3) is 5.91 Å². The highest BCUT2D eigenvalue weighted by Gasteiger charge is 2.30. The second-order valence-corrected chi connectivity index (χ2v) is 7.27. The first-order valence-electron chi connectivity index (χ1n) is 10.0. The van der Waals surface area contributed by atoms with Crippen molar-refractivity contribution in [2.75, 3.05) is 6.54 Å². The fourth-order valence-electron chi connectivity index (χ4n) is 3.31. The van der Waals surface area contributed by atoms with Crippen LogP contribution in [0.25, 0.3) is 0 Å². The first-order valence-corrected chi connectivity index (χ1v) is 10.0. The Bertz CT molecular complexity index is 947. The Morgan fingerprint density at radius 3 is 2.30 bits per heavy atom. The molecule has 0 bridgehead atoms. The summed E-state index contributed by atoms with van der Waals surface area (Å²) in [4.78, 5) is 14.8. The molecule has 1 aromatic heterocycles. The molecule has 1 heterocycles. The normalized spacial score (nSPS) is 11.5. The Morgan fingerprint density at radius 2 is 1.67 bits per heavy atom. The lowest BCUT2D eigenvalue weighted by Gasteiger charge is -2.24. The minimum atomic E-state index is -4.41. The number of amides is 1. The molecule has 3 nitrogen and oxygen atoms in total. The number of halogens is 3. The first kappa shape index (κ1) is 21.7. The van der Waals surface area contributed by atoms with E-state index in [4.69, 9.17) is 0 Å².